The number of unbranched alkanes of at least 4 members (excludes halogenated alkanes) is 2. The number of aromatic nitrogens is 2. The zero-order chi connectivity index (χ0) is 22.1. The average Bonchev–Trinajstić information content (AvgIpc) is 2.83. The molecular formula is C27H32N2O2. The number of aryl methyl sites for hydroxylation is 1. The van der Waals surface area contributed by atoms with Crippen LogP contribution in [0.25, 0.3) is 22.5 Å². The van der Waals surface area contributed by atoms with E-state index < -0.39 is 0 Å². The molecule has 0 fully saturated rings. The van der Waals surface area contributed by atoms with Crippen LogP contribution in [0, 0.1) is 5.92 Å². The van der Waals surface area contributed by atoms with Gasteiger partial charge in [0.25, 0.3) is 0 Å². The summed E-state index contributed by atoms with van der Waals surface area (Å²) in [5.41, 5.74) is 4.90. The third-order valence-electron chi connectivity index (χ3n) is 5.57. The van der Waals surface area contributed by atoms with Crippen molar-refractivity contribution in [1.82, 2.24) is 9.97 Å². The molecule has 31 heavy (non-hydrogen) atoms. The van der Waals surface area contributed by atoms with Crippen LogP contribution in [0.1, 0.15) is 62.4 Å². The first-order valence-corrected chi connectivity index (χ1v) is 11.3. The molecule has 0 N–H and O–H groups in total. The molecule has 1 atom stereocenters. The summed E-state index contributed by atoms with van der Waals surface area (Å²) >= 11 is 0. The van der Waals surface area contributed by atoms with E-state index in [1.807, 2.05) is 48.8 Å². The Bertz CT molecular complexity index is 948. The van der Waals surface area contributed by atoms with Crippen LogP contribution in [0.4, 0.5) is 0 Å². The Morgan fingerprint density at radius 3 is 2.03 bits per heavy atom. The van der Waals surface area contributed by atoms with E-state index in [9.17, 15) is 4.79 Å². The minimum Gasteiger partial charge on any atom is -0.462 e. The second-order valence-electron chi connectivity index (χ2n) is 8.14. The van der Waals surface area contributed by atoms with Gasteiger partial charge in [0.15, 0.2) is 5.82 Å². The number of ether oxygens (including phenoxy) is 1. The van der Waals surface area contributed by atoms with E-state index in [0.717, 1.165) is 35.4 Å². The van der Waals surface area contributed by atoms with Crippen molar-refractivity contribution in [1.29, 1.82) is 0 Å². The number of nitrogens with zero attached hydrogens (tertiary/aromatic N) is 2. The summed E-state index contributed by atoms with van der Waals surface area (Å²) in [6, 6.07) is 15.7. The van der Waals surface area contributed by atoms with Gasteiger partial charge in [0.1, 0.15) is 0 Å². The summed E-state index contributed by atoms with van der Waals surface area (Å²) < 4.78 is 5.37. The summed E-state index contributed by atoms with van der Waals surface area (Å²) in [6.45, 7) is 6.84. The number of esters is 1. The highest BCUT2D eigenvalue weighted by molar-refractivity contribution is 5.90. The van der Waals surface area contributed by atoms with Gasteiger partial charge in [0.05, 0.1) is 12.2 Å². The highest BCUT2D eigenvalue weighted by Crippen LogP contribution is 2.24. The molecule has 0 saturated carbocycles. The molecule has 0 amide bonds. The van der Waals surface area contributed by atoms with E-state index in [1.54, 1.807) is 0 Å². The molecular weight excluding hydrogens is 384 g/mol. The van der Waals surface area contributed by atoms with Crippen molar-refractivity contribution in [3.8, 4) is 22.5 Å². The number of benzene rings is 2. The van der Waals surface area contributed by atoms with Crippen molar-refractivity contribution in [3.63, 3.8) is 0 Å². The molecule has 4 nitrogen and oxygen atoms in total. The van der Waals surface area contributed by atoms with Crippen molar-refractivity contribution < 1.29 is 9.53 Å². The normalized spacial score (nSPS) is 11.8. The Labute approximate surface area is 185 Å². The SMILES string of the molecule is CCCCCc1cnc(-c2ccc(-c3ccc(C(=O)OCC(C)CC)cc3)cc2)nc1. The predicted molar refractivity (Wildman–Crippen MR) is 126 cm³/mol. The van der Waals surface area contributed by atoms with Crippen LogP contribution < -0.4 is 0 Å². The van der Waals surface area contributed by atoms with E-state index >= 15 is 0 Å². The van der Waals surface area contributed by atoms with Crippen molar-refractivity contribution in [2.45, 2.75) is 52.9 Å². The highest BCUT2D eigenvalue weighted by atomic mass is 16.5. The molecule has 162 valence electrons. The van der Waals surface area contributed by atoms with Crippen molar-refractivity contribution in [3.05, 3.63) is 72.1 Å². The lowest BCUT2D eigenvalue weighted by Gasteiger charge is -2.10. The first-order chi connectivity index (χ1) is 15.1. The zero-order valence-electron chi connectivity index (χ0n) is 18.8. The van der Waals surface area contributed by atoms with Crippen LogP contribution >= 0.6 is 0 Å². The molecule has 2 aromatic carbocycles. The first kappa shape index (κ1) is 22.7. The average molecular weight is 417 g/mol. The van der Waals surface area contributed by atoms with Gasteiger partial charge in [-0.05, 0) is 47.6 Å². The monoisotopic (exact) mass is 416 g/mol. The van der Waals surface area contributed by atoms with E-state index in [0.29, 0.717) is 18.1 Å². The van der Waals surface area contributed by atoms with Crippen LogP contribution in [0.5, 0.6) is 0 Å². The van der Waals surface area contributed by atoms with Crippen molar-refractivity contribution in [2.75, 3.05) is 6.61 Å². The molecule has 3 rings (SSSR count). The molecule has 0 saturated heterocycles. The fourth-order valence-corrected chi connectivity index (χ4v) is 3.24. The molecule has 3 aromatic rings. The van der Waals surface area contributed by atoms with Crippen LogP contribution in [-0.2, 0) is 11.2 Å². The van der Waals surface area contributed by atoms with Crippen LogP contribution in [-0.4, -0.2) is 22.5 Å². The van der Waals surface area contributed by atoms with E-state index in [-0.39, 0.29) is 5.97 Å². The molecule has 0 aliphatic rings. The molecule has 0 aliphatic carbocycles. The maximum Gasteiger partial charge on any atom is 0.338 e. The minimum atomic E-state index is -0.266. The van der Waals surface area contributed by atoms with Crippen LogP contribution in [0.3, 0.4) is 0 Å². The van der Waals surface area contributed by atoms with Gasteiger partial charge in [-0.2, -0.15) is 0 Å². The van der Waals surface area contributed by atoms with Gasteiger partial charge in [-0.15, -0.1) is 0 Å². The number of hydrogen-bond acceptors (Lipinski definition) is 4. The standard InChI is InChI=1S/C27H32N2O2/c1-4-6-7-8-21-17-28-26(29-18-21)24-13-9-22(10-14-24)23-11-15-25(16-12-23)27(30)31-19-20(3)5-2/h9-18,20H,4-8,19H2,1-3H3. The van der Waals surface area contributed by atoms with E-state index in [4.69, 9.17) is 4.74 Å². The minimum absolute atomic E-state index is 0.266. The molecule has 1 heterocycles. The molecule has 0 aliphatic heterocycles. The van der Waals surface area contributed by atoms with Crippen molar-refractivity contribution >= 4 is 5.97 Å². The Kier molecular flexibility index (Phi) is 8.34. The molecule has 1 aromatic heterocycles. The van der Waals surface area contributed by atoms with Gasteiger partial charge in [-0.3, -0.25) is 0 Å². The number of carbonyl (C=O) groups is 1. The predicted octanol–water partition coefficient (Wildman–Crippen LogP) is 6.75. The lowest BCUT2D eigenvalue weighted by molar-refractivity contribution is 0.0447. The topological polar surface area (TPSA) is 52.1 Å². The Balaban J connectivity index is 1.62. The van der Waals surface area contributed by atoms with Gasteiger partial charge >= 0.3 is 5.97 Å². The molecule has 1 unspecified atom stereocenters. The molecule has 0 radical (unpaired) electrons. The Hall–Kier alpha value is -3.01. The van der Waals surface area contributed by atoms with Crippen LogP contribution in [0.2, 0.25) is 0 Å². The summed E-state index contributed by atoms with van der Waals surface area (Å²) in [4.78, 5) is 21.2. The highest BCUT2D eigenvalue weighted by Gasteiger charge is 2.10. The summed E-state index contributed by atoms with van der Waals surface area (Å²) in [7, 11) is 0. The lowest BCUT2D eigenvalue weighted by Crippen LogP contribution is -2.11. The maximum atomic E-state index is 12.2. The Morgan fingerprint density at radius 2 is 1.45 bits per heavy atom. The van der Waals surface area contributed by atoms with E-state index in [2.05, 4.69) is 42.9 Å². The molecule has 0 bridgehead atoms. The first-order valence-electron chi connectivity index (χ1n) is 11.3. The third kappa shape index (κ3) is 6.48. The fourth-order valence-electron chi connectivity index (χ4n) is 3.24. The maximum absolute atomic E-state index is 12.2. The smallest absolute Gasteiger partial charge is 0.338 e. The second kappa shape index (κ2) is 11.4. The molecule has 0 spiro atoms. The van der Waals surface area contributed by atoms with Gasteiger partial charge < -0.3 is 4.74 Å². The van der Waals surface area contributed by atoms with Gasteiger partial charge in [0, 0.05) is 18.0 Å². The number of hydrogen-bond donors (Lipinski definition) is 0. The lowest BCUT2D eigenvalue weighted by atomic mass is 10.0. The second-order valence-corrected chi connectivity index (χ2v) is 8.14. The quantitative estimate of drug-likeness (QED) is 0.271. The third-order valence-corrected chi connectivity index (χ3v) is 5.57. The van der Waals surface area contributed by atoms with Crippen molar-refractivity contribution in [2.24, 2.45) is 5.92 Å². The largest absolute Gasteiger partial charge is 0.462 e. The van der Waals surface area contributed by atoms with Gasteiger partial charge in [-0.1, -0.05) is 76.4 Å². The summed E-state index contributed by atoms with van der Waals surface area (Å²) in [6.07, 6.45) is 9.54. The number of carbonyl (C=O) groups excluding carboxylic acids is 1. The Morgan fingerprint density at radius 1 is 0.871 bits per heavy atom. The summed E-state index contributed by atoms with van der Waals surface area (Å²) in [5.74, 6) is 0.852. The van der Waals surface area contributed by atoms with E-state index in [1.165, 1.54) is 24.8 Å². The fraction of sp³-hybridized carbons (Fsp3) is 0.370. The summed E-state index contributed by atoms with van der Waals surface area (Å²) in [5, 5.41) is 0. The zero-order valence-corrected chi connectivity index (χ0v) is 18.8. The van der Waals surface area contributed by atoms with Gasteiger partial charge in [0.2, 0.25) is 0 Å². The molecule has 4 heteroatoms. The van der Waals surface area contributed by atoms with Gasteiger partial charge in [-0.25, -0.2) is 14.8 Å². The van der Waals surface area contributed by atoms with Crippen LogP contribution in [0.15, 0.2) is 60.9 Å². The number of rotatable bonds is 10.